The van der Waals surface area contributed by atoms with Crippen LogP contribution in [0, 0.1) is 5.92 Å². The number of ether oxygens (including phenoxy) is 2. The van der Waals surface area contributed by atoms with Crippen LogP contribution in [0.1, 0.15) is 6.42 Å². The Kier molecular flexibility index (Phi) is 3.19. The zero-order valence-corrected chi connectivity index (χ0v) is 8.69. The van der Waals surface area contributed by atoms with Crippen LogP contribution < -0.4 is 5.73 Å². The Morgan fingerprint density at radius 2 is 2.00 bits per heavy atom. The van der Waals surface area contributed by atoms with Gasteiger partial charge in [-0.15, -0.1) is 0 Å². The highest BCUT2D eigenvalue weighted by atomic mass is 16.7. The molecule has 2 rings (SSSR count). The van der Waals surface area contributed by atoms with Gasteiger partial charge in [0, 0.05) is 13.0 Å². The maximum Gasteiger partial charge on any atom is 0.186 e. The predicted octanol–water partition coefficient (Wildman–Crippen LogP) is -2.89. The molecule has 1 aliphatic heterocycles. The Balaban J connectivity index is 1.99. The number of hydrogen-bond donors (Lipinski definition) is 5. The standard InChI is InChI=1S/C9H17NO6/c10-1-2-15-8-7(12)6(11)5-4(16-8)3-9(5,13)14/h4-8,11-14H,1-3,10H2/t4?,5-,6-,7?,8+/m0/s1. The first-order chi connectivity index (χ1) is 7.47. The van der Waals surface area contributed by atoms with Crippen molar-refractivity contribution < 1.29 is 29.9 Å². The second-order valence-electron chi connectivity index (χ2n) is 4.29. The molecule has 1 heterocycles. The second kappa shape index (κ2) is 4.19. The lowest BCUT2D eigenvalue weighted by atomic mass is 9.69. The molecular weight excluding hydrogens is 218 g/mol. The van der Waals surface area contributed by atoms with Crippen molar-refractivity contribution in [2.75, 3.05) is 13.2 Å². The zero-order valence-electron chi connectivity index (χ0n) is 8.69. The van der Waals surface area contributed by atoms with Crippen molar-refractivity contribution in [3.63, 3.8) is 0 Å². The van der Waals surface area contributed by atoms with Crippen LogP contribution in [0.15, 0.2) is 0 Å². The summed E-state index contributed by atoms with van der Waals surface area (Å²) in [6.07, 6.45) is -4.03. The van der Waals surface area contributed by atoms with E-state index in [2.05, 4.69) is 0 Å². The molecular formula is C9H17NO6. The van der Waals surface area contributed by atoms with E-state index in [9.17, 15) is 20.4 Å². The topological polar surface area (TPSA) is 125 Å². The lowest BCUT2D eigenvalue weighted by molar-refractivity contribution is -0.393. The lowest BCUT2D eigenvalue weighted by Gasteiger charge is -2.55. The molecule has 0 spiro atoms. The molecule has 16 heavy (non-hydrogen) atoms. The molecule has 0 bridgehead atoms. The van der Waals surface area contributed by atoms with Crippen molar-refractivity contribution in [2.45, 2.75) is 36.8 Å². The Morgan fingerprint density at radius 1 is 1.31 bits per heavy atom. The molecule has 6 N–H and O–H groups in total. The molecule has 5 atom stereocenters. The number of rotatable bonds is 3. The van der Waals surface area contributed by atoms with E-state index in [1.165, 1.54) is 0 Å². The van der Waals surface area contributed by atoms with Crippen molar-refractivity contribution in [1.82, 2.24) is 0 Å². The summed E-state index contributed by atoms with van der Waals surface area (Å²) in [4.78, 5) is 0. The lowest BCUT2D eigenvalue weighted by Crippen LogP contribution is -2.70. The minimum absolute atomic E-state index is 0.00390. The zero-order chi connectivity index (χ0) is 11.9. The number of fused-ring (bicyclic) bond motifs is 1. The van der Waals surface area contributed by atoms with Crippen molar-refractivity contribution in [3.05, 3.63) is 0 Å². The van der Waals surface area contributed by atoms with E-state index in [1.54, 1.807) is 0 Å². The first-order valence-electron chi connectivity index (χ1n) is 5.25. The molecule has 7 heteroatoms. The first kappa shape index (κ1) is 12.2. The molecule has 1 saturated heterocycles. The third-order valence-electron chi connectivity index (χ3n) is 3.14. The molecule has 0 radical (unpaired) electrons. The van der Waals surface area contributed by atoms with E-state index in [4.69, 9.17) is 15.2 Å². The number of hydrogen-bond acceptors (Lipinski definition) is 7. The third-order valence-corrected chi connectivity index (χ3v) is 3.14. The van der Waals surface area contributed by atoms with Crippen molar-refractivity contribution >= 4 is 0 Å². The fourth-order valence-electron chi connectivity index (χ4n) is 2.27. The summed E-state index contributed by atoms with van der Waals surface area (Å²) in [5.41, 5.74) is 5.24. The van der Waals surface area contributed by atoms with Crippen LogP contribution in [0.25, 0.3) is 0 Å². The minimum atomic E-state index is -1.97. The van der Waals surface area contributed by atoms with Crippen LogP contribution in [0.2, 0.25) is 0 Å². The molecule has 0 aromatic heterocycles. The van der Waals surface area contributed by atoms with Crippen LogP contribution in [-0.2, 0) is 9.47 Å². The second-order valence-corrected chi connectivity index (χ2v) is 4.29. The van der Waals surface area contributed by atoms with E-state index < -0.39 is 36.3 Å². The molecule has 1 aliphatic carbocycles. The van der Waals surface area contributed by atoms with Gasteiger partial charge in [0.15, 0.2) is 12.1 Å². The van der Waals surface area contributed by atoms with Gasteiger partial charge < -0.3 is 35.6 Å². The summed E-state index contributed by atoms with van der Waals surface area (Å²) in [6, 6.07) is 0. The SMILES string of the molecule is NCCO[C@@H]1OC2CC(O)(O)[C@@H]2[C@H](O)C1O. The maximum absolute atomic E-state index is 9.71. The molecule has 7 nitrogen and oxygen atoms in total. The van der Waals surface area contributed by atoms with Gasteiger partial charge in [0.1, 0.15) is 6.10 Å². The minimum Gasteiger partial charge on any atom is -0.390 e. The quantitative estimate of drug-likeness (QED) is 0.332. The third kappa shape index (κ3) is 1.84. The van der Waals surface area contributed by atoms with Gasteiger partial charge in [-0.1, -0.05) is 0 Å². The van der Waals surface area contributed by atoms with E-state index in [-0.39, 0.29) is 19.6 Å². The fraction of sp³-hybridized carbons (Fsp3) is 1.00. The number of aliphatic hydroxyl groups excluding tert-OH is 2. The largest absolute Gasteiger partial charge is 0.390 e. The average molecular weight is 235 g/mol. The van der Waals surface area contributed by atoms with Crippen molar-refractivity contribution in [1.29, 1.82) is 0 Å². The highest BCUT2D eigenvalue weighted by Crippen LogP contribution is 2.46. The van der Waals surface area contributed by atoms with Crippen LogP contribution in [0.3, 0.4) is 0 Å². The Morgan fingerprint density at radius 3 is 2.56 bits per heavy atom. The molecule has 1 saturated carbocycles. The molecule has 2 fully saturated rings. The van der Waals surface area contributed by atoms with Gasteiger partial charge in [-0.2, -0.15) is 0 Å². The predicted molar refractivity (Wildman–Crippen MR) is 51.0 cm³/mol. The van der Waals surface area contributed by atoms with Gasteiger partial charge in [-0.25, -0.2) is 0 Å². The first-order valence-corrected chi connectivity index (χ1v) is 5.25. The molecule has 0 amide bonds. The van der Waals surface area contributed by atoms with E-state index >= 15 is 0 Å². The van der Waals surface area contributed by atoms with E-state index in [0.717, 1.165) is 0 Å². The molecule has 2 aliphatic rings. The summed E-state index contributed by atoms with van der Waals surface area (Å²) in [5.74, 6) is -2.86. The van der Waals surface area contributed by atoms with Gasteiger partial charge in [-0.3, -0.25) is 0 Å². The summed E-state index contributed by atoms with van der Waals surface area (Å²) in [7, 11) is 0. The summed E-state index contributed by atoms with van der Waals surface area (Å²) in [5, 5.41) is 38.2. The summed E-state index contributed by atoms with van der Waals surface area (Å²) in [6.45, 7) is 0.482. The summed E-state index contributed by atoms with van der Waals surface area (Å²) < 4.78 is 10.4. The summed E-state index contributed by atoms with van der Waals surface area (Å²) >= 11 is 0. The normalized spacial score (nSPS) is 45.9. The average Bonchev–Trinajstić information content (AvgIpc) is 2.19. The smallest absolute Gasteiger partial charge is 0.186 e. The van der Waals surface area contributed by atoms with E-state index in [1.807, 2.05) is 0 Å². The molecule has 94 valence electrons. The van der Waals surface area contributed by atoms with Gasteiger partial charge in [0.25, 0.3) is 0 Å². The highest BCUT2D eigenvalue weighted by Gasteiger charge is 2.62. The Labute approximate surface area is 92.4 Å². The fourth-order valence-corrected chi connectivity index (χ4v) is 2.27. The van der Waals surface area contributed by atoms with E-state index in [0.29, 0.717) is 0 Å². The number of aliphatic hydroxyl groups is 4. The number of nitrogens with two attached hydrogens (primary N) is 1. The Hall–Kier alpha value is -0.280. The van der Waals surface area contributed by atoms with Crippen LogP contribution in [0.5, 0.6) is 0 Å². The molecule has 0 aromatic rings. The van der Waals surface area contributed by atoms with Gasteiger partial charge in [0.05, 0.1) is 24.7 Å². The Bertz CT molecular complexity index is 260. The van der Waals surface area contributed by atoms with Crippen LogP contribution in [-0.4, -0.2) is 64.0 Å². The maximum atomic E-state index is 9.71. The highest BCUT2D eigenvalue weighted by molar-refractivity contribution is 5.05. The van der Waals surface area contributed by atoms with Gasteiger partial charge in [0.2, 0.25) is 0 Å². The van der Waals surface area contributed by atoms with Crippen molar-refractivity contribution in [2.24, 2.45) is 11.7 Å². The van der Waals surface area contributed by atoms with Crippen molar-refractivity contribution in [3.8, 4) is 0 Å². The van der Waals surface area contributed by atoms with Crippen LogP contribution in [0.4, 0.5) is 0 Å². The molecule has 2 unspecified atom stereocenters. The van der Waals surface area contributed by atoms with Gasteiger partial charge in [-0.05, 0) is 0 Å². The molecule has 0 aromatic carbocycles. The van der Waals surface area contributed by atoms with Gasteiger partial charge >= 0.3 is 0 Å². The monoisotopic (exact) mass is 235 g/mol. The van der Waals surface area contributed by atoms with Crippen LogP contribution >= 0.6 is 0 Å².